The molecule has 2 atom stereocenters. The van der Waals surface area contributed by atoms with Crippen LogP contribution in [0.2, 0.25) is 0 Å². The molecule has 1 aliphatic rings. The number of hydrogen-bond donors (Lipinski definition) is 0. The van der Waals surface area contributed by atoms with Crippen molar-refractivity contribution in [2.45, 2.75) is 39.8 Å². The van der Waals surface area contributed by atoms with Crippen LogP contribution >= 0.6 is 0 Å². The summed E-state index contributed by atoms with van der Waals surface area (Å²) in [4.78, 5) is 0. The van der Waals surface area contributed by atoms with Gasteiger partial charge in [-0.25, -0.2) is 4.57 Å². The van der Waals surface area contributed by atoms with Crippen LogP contribution in [-0.4, -0.2) is 0 Å². The van der Waals surface area contributed by atoms with E-state index in [0.717, 1.165) is 21.9 Å². The molecule has 0 aliphatic carbocycles. The average molecular weight is 651 g/mol. The van der Waals surface area contributed by atoms with E-state index in [4.69, 9.17) is 4.42 Å². The molecule has 0 saturated carbocycles. The highest BCUT2D eigenvalue weighted by atomic mass is 16.3. The molecule has 1 aliphatic heterocycles. The van der Waals surface area contributed by atoms with Gasteiger partial charge in [-0.3, -0.25) is 0 Å². The summed E-state index contributed by atoms with van der Waals surface area (Å²) in [6.07, 6.45) is 2.18. The summed E-state index contributed by atoms with van der Waals surface area (Å²) in [5, 5.41) is 2.26. The number of fused-ring (bicyclic) bond motifs is 6. The number of aryl methyl sites for hydroxylation is 5. The standard InChI is InChI=1S/C46H40N3O/c1-29-24-25-47(5)42(26-29)37-27-38-35-19-10-11-23-43(35)50-44(38)28-39(37)46(48-31(3)15-12-21-40(48)33-17-7-6-14-30(33)2)45-36-20-9-8-18-34(36)41-22-13-16-32(4)49(41)45/h6-28,45-46H,1-5H3/q+3. The highest BCUT2D eigenvalue weighted by Gasteiger charge is 2.51. The molecule has 4 heteroatoms. The molecule has 242 valence electrons. The van der Waals surface area contributed by atoms with Gasteiger partial charge in [-0.2, -0.15) is 9.13 Å². The third-order valence-electron chi connectivity index (χ3n) is 10.7. The van der Waals surface area contributed by atoms with Crippen molar-refractivity contribution < 1.29 is 18.1 Å². The van der Waals surface area contributed by atoms with Crippen molar-refractivity contribution in [3.8, 4) is 33.8 Å². The molecule has 0 amide bonds. The first-order valence-corrected chi connectivity index (χ1v) is 17.5. The van der Waals surface area contributed by atoms with Gasteiger partial charge in [0.15, 0.2) is 17.6 Å². The van der Waals surface area contributed by atoms with E-state index in [1.807, 2.05) is 0 Å². The molecule has 0 N–H and O–H groups in total. The van der Waals surface area contributed by atoms with E-state index in [1.165, 1.54) is 67.4 Å². The van der Waals surface area contributed by atoms with E-state index in [9.17, 15) is 0 Å². The van der Waals surface area contributed by atoms with E-state index in [1.54, 1.807) is 0 Å². The highest BCUT2D eigenvalue weighted by molar-refractivity contribution is 6.06. The Morgan fingerprint density at radius 1 is 0.560 bits per heavy atom. The van der Waals surface area contributed by atoms with Crippen LogP contribution in [0.5, 0.6) is 0 Å². The highest BCUT2D eigenvalue weighted by Crippen LogP contribution is 2.45. The molecule has 8 aromatic rings. The Kier molecular flexibility index (Phi) is 7.03. The molecule has 0 radical (unpaired) electrons. The lowest BCUT2D eigenvalue weighted by molar-refractivity contribution is -0.795. The average Bonchev–Trinajstić information content (AvgIpc) is 3.66. The van der Waals surface area contributed by atoms with Crippen LogP contribution in [0, 0.1) is 27.7 Å². The van der Waals surface area contributed by atoms with Crippen molar-refractivity contribution in [1.29, 1.82) is 0 Å². The number of aromatic nitrogens is 3. The van der Waals surface area contributed by atoms with Crippen molar-refractivity contribution in [3.05, 3.63) is 173 Å². The number of benzene rings is 4. The Balaban J connectivity index is 1.47. The van der Waals surface area contributed by atoms with Crippen LogP contribution in [0.3, 0.4) is 0 Å². The largest absolute Gasteiger partial charge is 0.456 e. The molecule has 50 heavy (non-hydrogen) atoms. The van der Waals surface area contributed by atoms with Crippen molar-refractivity contribution in [2.24, 2.45) is 7.05 Å². The fourth-order valence-electron chi connectivity index (χ4n) is 8.38. The third-order valence-corrected chi connectivity index (χ3v) is 10.7. The Hall–Kier alpha value is -5.87. The van der Waals surface area contributed by atoms with Gasteiger partial charge >= 0.3 is 0 Å². The molecular weight excluding hydrogens is 611 g/mol. The monoisotopic (exact) mass is 650 g/mol. The molecule has 4 aromatic carbocycles. The maximum Gasteiger partial charge on any atom is 0.250 e. The summed E-state index contributed by atoms with van der Waals surface area (Å²) in [7, 11) is 2.16. The lowest BCUT2D eigenvalue weighted by Crippen LogP contribution is -2.56. The van der Waals surface area contributed by atoms with E-state index in [0.29, 0.717) is 0 Å². The molecule has 0 fully saturated rings. The van der Waals surface area contributed by atoms with Gasteiger partial charge in [-0.05, 0) is 67.4 Å². The number of nitrogens with zero attached hydrogens (tertiary/aromatic N) is 3. The first kappa shape index (κ1) is 30.2. The molecule has 0 saturated heterocycles. The van der Waals surface area contributed by atoms with E-state index in [-0.39, 0.29) is 12.1 Å². The number of pyridine rings is 3. The van der Waals surface area contributed by atoms with E-state index >= 15 is 0 Å². The number of hydrogen-bond acceptors (Lipinski definition) is 1. The van der Waals surface area contributed by atoms with Crippen molar-refractivity contribution >= 4 is 21.9 Å². The van der Waals surface area contributed by atoms with Crippen molar-refractivity contribution in [2.75, 3.05) is 0 Å². The van der Waals surface area contributed by atoms with Gasteiger partial charge in [0.25, 0.3) is 12.1 Å². The van der Waals surface area contributed by atoms with E-state index < -0.39 is 0 Å². The summed E-state index contributed by atoms with van der Waals surface area (Å²) >= 11 is 0. The lowest BCUT2D eigenvalue weighted by Gasteiger charge is -2.23. The first-order chi connectivity index (χ1) is 24.4. The minimum atomic E-state index is -0.146. The number of furan rings is 1. The Morgan fingerprint density at radius 3 is 2.12 bits per heavy atom. The second-order valence-corrected chi connectivity index (χ2v) is 13.9. The fraction of sp³-hybridized carbons (Fsp3) is 0.152. The summed E-state index contributed by atoms with van der Waals surface area (Å²) in [5.74, 6) is 0. The molecular formula is C46H40N3O+3. The second kappa shape index (κ2) is 11.6. The predicted octanol–water partition coefficient (Wildman–Crippen LogP) is 9.41. The number of rotatable bonds is 5. The molecule has 2 unspecified atom stereocenters. The van der Waals surface area contributed by atoms with E-state index in [2.05, 4.69) is 188 Å². The second-order valence-electron chi connectivity index (χ2n) is 13.9. The SMILES string of the molecule is Cc1cc[n+](C)c(-c2cc3c(cc2C(C2c4ccccc4-c4cccc(C)[n+]42)[n+]2c(C)cccc2-c2ccccc2C)oc2ccccc23)c1. The summed E-state index contributed by atoms with van der Waals surface area (Å²) in [5.41, 5.74) is 16.6. The van der Waals surface area contributed by atoms with Crippen molar-refractivity contribution in [3.63, 3.8) is 0 Å². The van der Waals surface area contributed by atoms with Crippen LogP contribution < -0.4 is 13.7 Å². The molecule has 4 nitrogen and oxygen atoms in total. The Morgan fingerprint density at radius 2 is 1.28 bits per heavy atom. The molecule has 0 bridgehead atoms. The molecule has 4 aromatic heterocycles. The normalized spacial score (nSPS) is 14.2. The zero-order chi connectivity index (χ0) is 34.1. The maximum atomic E-state index is 6.69. The van der Waals surface area contributed by atoms with Crippen LogP contribution in [0.4, 0.5) is 0 Å². The molecule has 0 spiro atoms. The topological polar surface area (TPSA) is 24.8 Å². The summed E-state index contributed by atoms with van der Waals surface area (Å²) < 4.78 is 14.1. The first-order valence-electron chi connectivity index (χ1n) is 17.5. The predicted molar refractivity (Wildman–Crippen MR) is 200 cm³/mol. The van der Waals surface area contributed by atoms with Gasteiger partial charge < -0.3 is 4.42 Å². The third kappa shape index (κ3) is 4.63. The van der Waals surface area contributed by atoms with Crippen LogP contribution in [0.1, 0.15) is 45.7 Å². The van der Waals surface area contributed by atoms with Gasteiger partial charge in [0, 0.05) is 77.7 Å². The van der Waals surface area contributed by atoms with Gasteiger partial charge in [0.05, 0.1) is 11.1 Å². The van der Waals surface area contributed by atoms with Gasteiger partial charge in [0.1, 0.15) is 18.2 Å². The van der Waals surface area contributed by atoms with Crippen LogP contribution in [0.25, 0.3) is 55.7 Å². The minimum absolute atomic E-state index is 0.0352. The Labute approximate surface area is 293 Å². The van der Waals surface area contributed by atoms with Gasteiger partial charge in [0.2, 0.25) is 17.1 Å². The van der Waals surface area contributed by atoms with Gasteiger partial charge in [-0.15, -0.1) is 0 Å². The van der Waals surface area contributed by atoms with Crippen molar-refractivity contribution in [1.82, 2.24) is 0 Å². The zero-order valence-electron chi connectivity index (χ0n) is 29.2. The smallest absolute Gasteiger partial charge is 0.250 e. The molecule has 5 heterocycles. The fourth-order valence-corrected chi connectivity index (χ4v) is 8.38. The van der Waals surface area contributed by atoms with Crippen LogP contribution in [-0.2, 0) is 7.05 Å². The minimum Gasteiger partial charge on any atom is -0.456 e. The van der Waals surface area contributed by atoms with Gasteiger partial charge in [-0.1, -0.05) is 54.6 Å². The summed E-state index contributed by atoms with van der Waals surface area (Å²) in [6, 6.07) is 48.6. The zero-order valence-corrected chi connectivity index (χ0v) is 29.2. The summed E-state index contributed by atoms with van der Waals surface area (Å²) in [6.45, 7) is 8.90. The Bertz CT molecular complexity index is 2630. The lowest BCUT2D eigenvalue weighted by atomic mass is 9.86. The number of para-hydroxylation sites is 1. The quantitative estimate of drug-likeness (QED) is 0.170. The maximum absolute atomic E-state index is 6.69. The molecule has 9 rings (SSSR count). The van der Waals surface area contributed by atoms with Crippen LogP contribution in [0.15, 0.2) is 144 Å².